The fourth-order valence-electron chi connectivity index (χ4n) is 6.74. The van der Waals surface area contributed by atoms with Gasteiger partial charge in [-0.1, -0.05) is 23.7 Å². The Balaban J connectivity index is 1.21. The first-order valence-electron chi connectivity index (χ1n) is 15.2. The Bertz CT molecular complexity index is 1570. The van der Waals surface area contributed by atoms with Gasteiger partial charge in [-0.3, -0.25) is 9.78 Å². The quantitative estimate of drug-likeness (QED) is 0.404. The Labute approximate surface area is 256 Å². The molecule has 1 N–H and O–H groups in total. The topological polar surface area (TPSA) is 124 Å². The van der Waals surface area contributed by atoms with Gasteiger partial charge in [0.05, 0.1) is 53.7 Å². The molecular formula is C31H36ClN9O2. The van der Waals surface area contributed by atoms with Gasteiger partial charge in [-0.25, -0.2) is 0 Å². The molecule has 1 aromatic carbocycles. The van der Waals surface area contributed by atoms with Crippen molar-refractivity contribution in [1.29, 1.82) is 5.26 Å². The molecule has 4 aliphatic rings. The number of pyridine rings is 1. The number of aromatic nitrogens is 3. The summed E-state index contributed by atoms with van der Waals surface area (Å²) >= 11 is 6.68. The van der Waals surface area contributed by atoms with E-state index >= 15 is 0 Å². The third-order valence-corrected chi connectivity index (χ3v) is 9.57. The lowest BCUT2D eigenvalue weighted by Crippen LogP contribution is -2.57. The zero-order valence-electron chi connectivity index (χ0n) is 24.4. The van der Waals surface area contributed by atoms with Gasteiger partial charge in [0.25, 0.3) is 0 Å². The van der Waals surface area contributed by atoms with Crippen LogP contribution in [0.25, 0.3) is 10.8 Å². The third kappa shape index (κ3) is 5.55. The Hall–Kier alpha value is -3.72. The van der Waals surface area contributed by atoms with Gasteiger partial charge < -0.3 is 29.7 Å². The molecule has 1 amide bonds. The molecule has 0 spiro atoms. The molecule has 3 atom stereocenters. The van der Waals surface area contributed by atoms with Gasteiger partial charge in [-0.15, -0.1) is 0 Å². The monoisotopic (exact) mass is 601 g/mol. The number of amides is 1. The van der Waals surface area contributed by atoms with Gasteiger partial charge in [0, 0.05) is 61.3 Å². The van der Waals surface area contributed by atoms with E-state index in [1.807, 2.05) is 35.5 Å². The van der Waals surface area contributed by atoms with Crippen LogP contribution < -0.4 is 19.9 Å². The van der Waals surface area contributed by atoms with Crippen molar-refractivity contribution < 1.29 is 9.53 Å². The lowest BCUT2D eigenvalue weighted by atomic mass is 10.0. The van der Waals surface area contributed by atoms with Crippen LogP contribution in [0, 0.1) is 11.3 Å². The maximum atomic E-state index is 13.0. The van der Waals surface area contributed by atoms with Crippen molar-refractivity contribution in [2.45, 2.75) is 50.4 Å². The second-order valence-electron chi connectivity index (χ2n) is 12.0. The summed E-state index contributed by atoms with van der Waals surface area (Å²) in [6.07, 6.45) is 7.01. The van der Waals surface area contributed by atoms with Crippen LogP contribution in [0.2, 0.25) is 5.02 Å². The van der Waals surface area contributed by atoms with Gasteiger partial charge >= 0.3 is 6.01 Å². The average molecular weight is 602 g/mol. The molecule has 224 valence electrons. The summed E-state index contributed by atoms with van der Waals surface area (Å²) in [5, 5.41) is 15.4. The highest BCUT2D eigenvalue weighted by molar-refractivity contribution is 6.36. The number of hydrogen-bond acceptors (Lipinski definition) is 10. The van der Waals surface area contributed by atoms with Gasteiger partial charge in [0.2, 0.25) is 5.91 Å². The Morgan fingerprint density at radius 1 is 1.16 bits per heavy atom. The standard InChI is InChI=1S/C31H36ClN9O2/c1-38-10-3-5-22(38)19-43-31-36-26-18-39(27-16-34-14-20-4-2-6-24(32)28(20)27)11-8-23(26)29(37-31)40-12-13-41(21(17-40)7-9-33)30(42)25-15-35-25/h2,4,6,14,16,21-22,25,35H,3,5,7-8,10-13,15,17-19H2,1H3/t21-,22-,25-/m0/s1. The van der Waals surface area contributed by atoms with Crippen LogP contribution in [0.4, 0.5) is 11.5 Å². The minimum Gasteiger partial charge on any atom is -0.462 e. The predicted octanol–water partition coefficient (Wildman–Crippen LogP) is 2.62. The highest BCUT2D eigenvalue weighted by Crippen LogP contribution is 2.37. The number of benzene rings is 1. The minimum atomic E-state index is -0.195. The number of carbonyl (C=O) groups excluding carboxylic acids is 1. The summed E-state index contributed by atoms with van der Waals surface area (Å²) in [5.74, 6) is 0.945. The van der Waals surface area contributed by atoms with Crippen molar-refractivity contribution in [2.75, 3.05) is 62.7 Å². The largest absolute Gasteiger partial charge is 0.462 e. The zero-order chi connectivity index (χ0) is 29.5. The van der Waals surface area contributed by atoms with Crippen LogP contribution in [0.15, 0.2) is 30.6 Å². The van der Waals surface area contributed by atoms with E-state index in [-0.39, 0.29) is 24.4 Å². The van der Waals surface area contributed by atoms with Crippen LogP contribution in [0.5, 0.6) is 6.01 Å². The molecular weight excluding hydrogens is 566 g/mol. The van der Waals surface area contributed by atoms with Crippen LogP contribution in [-0.4, -0.2) is 102 Å². The number of likely N-dealkylation sites (N-methyl/N-ethyl adjacent to an activating group) is 1. The van der Waals surface area contributed by atoms with E-state index < -0.39 is 0 Å². The number of piperazine rings is 1. The van der Waals surface area contributed by atoms with Crippen molar-refractivity contribution in [1.82, 2.24) is 30.1 Å². The number of rotatable bonds is 7. The Morgan fingerprint density at radius 3 is 2.84 bits per heavy atom. The van der Waals surface area contributed by atoms with E-state index in [1.165, 1.54) is 0 Å². The molecule has 3 fully saturated rings. The first-order chi connectivity index (χ1) is 21.0. The molecule has 43 heavy (non-hydrogen) atoms. The zero-order valence-corrected chi connectivity index (χ0v) is 25.1. The Morgan fingerprint density at radius 2 is 2.05 bits per heavy atom. The molecule has 11 nitrogen and oxygen atoms in total. The summed E-state index contributed by atoms with van der Waals surface area (Å²) in [6, 6.07) is 8.60. The molecule has 2 aromatic heterocycles. The van der Waals surface area contributed by atoms with E-state index in [1.54, 1.807) is 0 Å². The summed E-state index contributed by atoms with van der Waals surface area (Å²) < 4.78 is 6.29. The normalized spacial score (nSPS) is 23.7. The lowest BCUT2D eigenvalue weighted by molar-refractivity contribution is -0.133. The average Bonchev–Trinajstić information content (AvgIpc) is 3.80. The van der Waals surface area contributed by atoms with E-state index in [4.69, 9.17) is 26.3 Å². The van der Waals surface area contributed by atoms with Gasteiger partial charge in [-0.05, 0) is 38.9 Å². The number of halogens is 1. The summed E-state index contributed by atoms with van der Waals surface area (Å²) in [6.45, 7) is 5.39. The summed E-state index contributed by atoms with van der Waals surface area (Å²) in [7, 11) is 2.13. The molecule has 7 rings (SSSR count). The van der Waals surface area contributed by atoms with Crippen LogP contribution in [0.3, 0.4) is 0 Å². The van der Waals surface area contributed by atoms with Crippen molar-refractivity contribution in [3.05, 3.63) is 46.9 Å². The number of nitrogens with one attached hydrogen (secondary N) is 1. The second kappa shape index (κ2) is 11.8. The molecule has 0 bridgehead atoms. The SMILES string of the molecule is CN1CCC[C@H]1COc1nc2c(c(N3CCN(C(=O)[C@@H]4CN4)[C@@H](CC#N)C3)n1)CCN(c1cncc3cccc(Cl)c13)C2. The smallest absolute Gasteiger partial charge is 0.318 e. The number of ether oxygens (including phenoxy) is 1. The van der Waals surface area contributed by atoms with Gasteiger partial charge in [0.15, 0.2) is 0 Å². The fraction of sp³-hybridized carbons (Fsp3) is 0.516. The second-order valence-corrected chi connectivity index (χ2v) is 12.4. The first kappa shape index (κ1) is 28.1. The molecule has 0 unspecified atom stereocenters. The maximum Gasteiger partial charge on any atom is 0.318 e. The molecule has 0 radical (unpaired) electrons. The van der Waals surface area contributed by atoms with Crippen molar-refractivity contribution >= 4 is 39.8 Å². The fourth-order valence-corrected chi connectivity index (χ4v) is 7.02. The van der Waals surface area contributed by atoms with Crippen molar-refractivity contribution in [3.8, 4) is 12.1 Å². The number of carbonyl (C=O) groups is 1. The number of anilines is 2. The maximum absolute atomic E-state index is 13.0. The van der Waals surface area contributed by atoms with E-state index in [2.05, 4.69) is 38.1 Å². The lowest BCUT2D eigenvalue weighted by Gasteiger charge is -2.42. The highest BCUT2D eigenvalue weighted by Gasteiger charge is 2.39. The Kier molecular flexibility index (Phi) is 7.67. The summed E-state index contributed by atoms with van der Waals surface area (Å²) in [4.78, 5) is 36.2. The molecule has 12 heteroatoms. The van der Waals surface area contributed by atoms with Crippen LogP contribution >= 0.6 is 11.6 Å². The van der Waals surface area contributed by atoms with Crippen molar-refractivity contribution in [3.63, 3.8) is 0 Å². The molecule has 3 saturated heterocycles. The number of nitrogens with zero attached hydrogens (tertiary/aromatic N) is 8. The van der Waals surface area contributed by atoms with E-state index in [9.17, 15) is 10.1 Å². The van der Waals surface area contributed by atoms with Crippen LogP contribution in [-0.2, 0) is 17.8 Å². The number of nitriles is 1. The molecule has 0 aliphatic carbocycles. The van der Waals surface area contributed by atoms with E-state index in [0.29, 0.717) is 56.4 Å². The first-order valence-corrected chi connectivity index (χ1v) is 15.5. The third-order valence-electron chi connectivity index (χ3n) is 9.25. The molecule has 6 heterocycles. The number of hydrogen-bond donors (Lipinski definition) is 1. The predicted molar refractivity (Wildman–Crippen MR) is 164 cm³/mol. The molecule has 0 saturated carbocycles. The number of likely N-dealkylation sites (tertiary alicyclic amines) is 1. The minimum absolute atomic E-state index is 0.0901. The van der Waals surface area contributed by atoms with E-state index in [0.717, 1.165) is 65.9 Å². The van der Waals surface area contributed by atoms with Crippen molar-refractivity contribution in [2.24, 2.45) is 0 Å². The van der Waals surface area contributed by atoms with Crippen LogP contribution in [0.1, 0.15) is 30.5 Å². The molecule has 4 aliphatic heterocycles. The highest BCUT2D eigenvalue weighted by atomic mass is 35.5. The number of fused-ring (bicyclic) bond motifs is 2. The molecule has 3 aromatic rings. The van der Waals surface area contributed by atoms with Gasteiger partial charge in [0.1, 0.15) is 12.4 Å². The summed E-state index contributed by atoms with van der Waals surface area (Å²) in [5.41, 5.74) is 3.01. The van der Waals surface area contributed by atoms with Gasteiger partial charge in [-0.2, -0.15) is 15.2 Å².